The molecule has 2 atom stereocenters. The van der Waals surface area contributed by atoms with E-state index in [1.165, 1.54) is 6.42 Å². The predicted octanol–water partition coefficient (Wildman–Crippen LogP) is 3.11. The van der Waals surface area contributed by atoms with E-state index in [1.807, 2.05) is 0 Å². The fourth-order valence-corrected chi connectivity index (χ4v) is 3.80. The third-order valence-corrected chi connectivity index (χ3v) is 4.59. The second kappa shape index (κ2) is 5.08. The lowest BCUT2D eigenvalue weighted by atomic mass is 9.76. The van der Waals surface area contributed by atoms with E-state index in [0.717, 1.165) is 36.7 Å². The summed E-state index contributed by atoms with van der Waals surface area (Å²) in [6.45, 7) is 10.9. The number of rotatable bonds is 1. The van der Waals surface area contributed by atoms with E-state index in [2.05, 4.69) is 37.6 Å². The summed E-state index contributed by atoms with van der Waals surface area (Å²) in [6, 6.07) is 0. The van der Waals surface area contributed by atoms with Gasteiger partial charge in [-0.15, -0.1) is 0 Å². The van der Waals surface area contributed by atoms with Crippen molar-refractivity contribution in [1.29, 1.82) is 0 Å². The number of carbonyl (C=O) groups excluding carboxylic acids is 1. The molecule has 4 heteroatoms. The van der Waals surface area contributed by atoms with Crippen LogP contribution in [0.1, 0.15) is 56.6 Å². The molecule has 1 aliphatic carbocycles. The average molecular weight is 287 g/mol. The topological polar surface area (TPSA) is 46.1 Å². The quantitative estimate of drug-likeness (QED) is 0.796. The van der Waals surface area contributed by atoms with Gasteiger partial charge in [-0.3, -0.25) is 4.79 Å². The van der Waals surface area contributed by atoms with Gasteiger partial charge in [0.25, 0.3) is 0 Å². The summed E-state index contributed by atoms with van der Waals surface area (Å²) < 4.78 is 0. The van der Waals surface area contributed by atoms with Crippen molar-refractivity contribution in [3.63, 3.8) is 0 Å². The molecule has 0 saturated carbocycles. The van der Waals surface area contributed by atoms with Gasteiger partial charge < -0.3 is 4.90 Å². The first kappa shape index (κ1) is 14.5. The van der Waals surface area contributed by atoms with Crippen molar-refractivity contribution in [1.82, 2.24) is 9.97 Å². The van der Waals surface area contributed by atoms with Crippen LogP contribution in [0.15, 0.2) is 6.20 Å². The van der Waals surface area contributed by atoms with E-state index in [4.69, 9.17) is 4.98 Å². The molecule has 1 saturated heterocycles. The Morgan fingerprint density at radius 3 is 2.52 bits per heavy atom. The van der Waals surface area contributed by atoms with Crippen LogP contribution in [0, 0.1) is 17.3 Å². The number of ketones is 1. The molecule has 0 radical (unpaired) electrons. The average Bonchev–Trinajstić information content (AvgIpc) is 2.35. The molecular weight excluding hydrogens is 262 g/mol. The Kier molecular flexibility index (Phi) is 3.50. The Balaban J connectivity index is 1.91. The highest BCUT2D eigenvalue weighted by atomic mass is 16.1. The minimum absolute atomic E-state index is 0.0121. The summed E-state index contributed by atoms with van der Waals surface area (Å²) in [5.41, 5.74) is 1.68. The molecule has 0 bridgehead atoms. The number of piperidine rings is 1. The van der Waals surface area contributed by atoms with Crippen LogP contribution in [0.2, 0.25) is 0 Å². The van der Waals surface area contributed by atoms with Gasteiger partial charge in [-0.2, -0.15) is 0 Å². The maximum Gasteiger partial charge on any atom is 0.225 e. The van der Waals surface area contributed by atoms with Gasteiger partial charge >= 0.3 is 0 Å². The van der Waals surface area contributed by atoms with Crippen LogP contribution in [0.5, 0.6) is 0 Å². The molecule has 114 valence electrons. The largest absolute Gasteiger partial charge is 0.340 e. The van der Waals surface area contributed by atoms with Gasteiger partial charge in [0, 0.05) is 25.7 Å². The predicted molar refractivity (Wildman–Crippen MR) is 83.6 cm³/mol. The Morgan fingerprint density at radius 2 is 1.86 bits per heavy atom. The van der Waals surface area contributed by atoms with E-state index < -0.39 is 0 Å². The summed E-state index contributed by atoms with van der Waals surface area (Å²) in [6.07, 6.45) is 4.48. The molecule has 1 fully saturated rings. The molecule has 21 heavy (non-hydrogen) atoms. The smallest absolute Gasteiger partial charge is 0.225 e. The molecule has 1 aromatic heterocycles. The summed E-state index contributed by atoms with van der Waals surface area (Å²) in [5.74, 6) is 2.34. The molecule has 0 aromatic carbocycles. The zero-order valence-electron chi connectivity index (χ0n) is 13.5. The minimum Gasteiger partial charge on any atom is -0.340 e. The Hall–Kier alpha value is -1.45. The lowest BCUT2D eigenvalue weighted by Crippen LogP contribution is -2.40. The zero-order chi connectivity index (χ0) is 15.2. The summed E-state index contributed by atoms with van der Waals surface area (Å²) in [7, 11) is 0. The molecule has 2 unspecified atom stereocenters. The number of hydrogen-bond donors (Lipinski definition) is 0. The van der Waals surface area contributed by atoms with Gasteiger partial charge in [-0.25, -0.2) is 9.97 Å². The van der Waals surface area contributed by atoms with Crippen LogP contribution < -0.4 is 4.90 Å². The SMILES string of the molecule is CC1CC(C)CN(c2ncc3c(n2)CC(C)(C)CC3=O)C1. The maximum absolute atomic E-state index is 12.2. The van der Waals surface area contributed by atoms with E-state index in [0.29, 0.717) is 18.3 Å². The Labute approximate surface area is 127 Å². The lowest BCUT2D eigenvalue weighted by molar-refractivity contribution is 0.0909. The van der Waals surface area contributed by atoms with Crippen molar-refractivity contribution in [2.75, 3.05) is 18.0 Å². The summed E-state index contributed by atoms with van der Waals surface area (Å²) in [5, 5.41) is 0. The molecule has 0 spiro atoms. The molecule has 0 amide bonds. The van der Waals surface area contributed by atoms with E-state index in [9.17, 15) is 4.79 Å². The van der Waals surface area contributed by atoms with Crippen LogP contribution in [0.3, 0.4) is 0 Å². The van der Waals surface area contributed by atoms with Crippen LogP contribution >= 0.6 is 0 Å². The third-order valence-electron chi connectivity index (χ3n) is 4.59. The van der Waals surface area contributed by atoms with Crippen LogP contribution in [0.25, 0.3) is 0 Å². The van der Waals surface area contributed by atoms with Gasteiger partial charge in [-0.05, 0) is 30.1 Å². The van der Waals surface area contributed by atoms with Crippen molar-refractivity contribution in [2.45, 2.75) is 47.0 Å². The van der Waals surface area contributed by atoms with Crippen LogP contribution in [-0.2, 0) is 6.42 Å². The van der Waals surface area contributed by atoms with Crippen LogP contribution in [0.4, 0.5) is 5.95 Å². The molecular formula is C17H25N3O. The minimum atomic E-state index is 0.0121. The van der Waals surface area contributed by atoms with Gasteiger partial charge in [0.15, 0.2) is 5.78 Å². The van der Waals surface area contributed by atoms with E-state index in [-0.39, 0.29) is 11.2 Å². The van der Waals surface area contributed by atoms with Crippen molar-refractivity contribution in [3.8, 4) is 0 Å². The van der Waals surface area contributed by atoms with Gasteiger partial charge in [0.1, 0.15) is 0 Å². The van der Waals surface area contributed by atoms with Gasteiger partial charge in [0.05, 0.1) is 11.3 Å². The summed E-state index contributed by atoms with van der Waals surface area (Å²) >= 11 is 0. The molecule has 2 heterocycles. The highest BCUT2D eigenvalue weighted by molar-refractivity contribution is 5.98. The first-order valence-corrected chi connectivity index (χ1v) is 7.98. The highest BCUT2D eigenvalue weighted by Crippen LogP contribution is 2.34. The van der Waals surface area contributed by atoms with Crippen molar-refractivity contribution >= 4 is 11.7 Å². The first-order chi connectivity index (χ1) is 9.84. The Morgan fingerprint density at radius 1 is 1.19 bits per heavy atom. The lowest BCUT2D eigenvalue weighted by Gasteiger charge is -2.36. The van der Waals surface area contributed by atoms with Crippen molar-refractivity contribution < 1.29 is 4.79 Å². The number of nitrogens with zero attached hydrogens (tertiary/aromatic N) is 3. The fraction of sp³-hybridized carbons (Fsp3) is 0.706. The molecule has 0 N–H and O–H groups in total. The molecule has 1 aliphatic heterocycles. The van der Waals surface area contributed by atoms with Gasteiger partial charge in [-0.1, -0.05) is 27.7 Å². The molecule has 1 aromatic rings. The number of anilines is 1. The Bertz CT molecular complexity index is 557. The molecule has 3 rings (SSSR count). The number of fused-ring (bicyclic) bond motifs is 1. The monoisotopic (exact) mass is 287 g/mol. The van der Waals surface area contributed by atoms with E-state index >= 15 is 0 Å². The zero-order valence-corrected chi connectivity index (χ0v) is 13.5. The van der Waals surface area contributed by atoms with Gasteiger partial charge in [0.2, 0.25) is 5.95 Å². The highest BCUT2D eigenvalue weighted by Gasteiger charge is 2.33. The normalized spacial score (nSPS) is 28.4. The maximum atomic E-state index is 12.2. The van der Waals surface area contributed by atoms with Crippen LogP contribution in [-0.4, -0.2) is 28.8 Å². The molecule has 4 nitrogen and oxygen atoms in total. The van der Waals surface area contributed by atoms with Crippen molar-refractivity contribution in [3.05, 3.63) is 17.5 Å². The summed E-state index contributed by atoms with van der Waals surface area (Å²) in [4.78, 5) is 23.7. The van der Waals surface area contributed by atoms with E-state index in [1.54, 1.807) is 6.20 Å². The number of aromatic nitrogens is 2. The van der Waals surface area contributed by atoms with Crippen molar-refractivity contribution in [2.24, 2.45) is 17.3 Å². The number of Topliss-reactive ketones (excluding diaryl/α,β-unsaturated/α-hetero) is 1. The third kappa shape index (κ3) is 2.94. The first-order valence-electron chi connectivity index (χ1n) is 7.98. The fourth-order valence-electron chi connectivity index (χ4n) is 3.80. The second-order valence-corrected chi connectivity index (χ2v) is 7.82. The second-order valence-electron chi connectivity index (χ2n) is 7.82. The standard InChI is InChI=1S/C17H25N3O/c1-11-5-12(2)10-20(9-11)16-18-8-13-14(19-16)6-17(3,4)7-15(13)21/h8,11-12H,5-7,9-10H2,1-4H3. The molecule has 2 aliphatic rings. The number of carbonyl (C=O) groups is 1. The number of hydrogen-bond acceptors (Lipinski definition) is 4.